The van der Waals surface area contributed by atoms with Gasteiger partial charge in [0.2, 0.25) is 0 Å². The van der Waals surface area contributed by atoms with Crippen molar-refractivity contribution in [2.24, 2.45) is 0 Å². The first-order chi connectivity index (χ1) is 14.2. The second-order valence-electron chi connectivity index (χ2n) is 6.74. The fourth-order valence-corrected chi connectivity index (χ4v) is 3.44. The van der Waals surface area contributed by atoms with Crippen LogP contribution in [0, 0.1) is 0 Å². The van der Waals surface area contributed by atoms with Crippen LogP contribution in [-0.2, 0) is 25.6 Å². The van der Waals surface area contributed by atoms with Crippen molar-refractivity contribution in [3.05, 3.63) is 76.9 Å². The molecule has 150 valence electrons. The van der Waals surface area contributed by atoms with Gasteiger partial charge in [-0.15, -0.1) is 0 Å². The normalized spacial score (nSPS) is 19.8. The number of carbonyl (C=O) groups is 2. The summed E-state index contributed by atoms with van der Waals surface area (Å²) in [6.45, 7) is 0.979. The van der Waals surface area contributed by atoms with Crippen molar-refractivity contribution >= 4 is 18.1 Å². The van der Waals surface area contributed by atoms with Gasteiger partial charge in [0.1, 0.15) is 12.6 Å². The second-order valence-corrected chi connectivity index (χ2v) is 6.74. The highest BCUT2D eigenvalue weighted by atomic mass is 16.7. The van der Waals surface area contributed by atoms with E-state index in [0.29, 0.717) is 18.8 Å². The summed E-state index contributed by atoms with van der Waals surface area (Å²) in [4.78, 5) is 26.1. The Hall–Kier alpha value is -3.00. The van der Waals surface area contributed by atoms with Crippen LogP contribution < -0.4 is 0 Å². The topological polar surface area (TPSA) is 85.3 Å². The molecule has 0 saturated carbocycles. The van der Waals surface area contributed by atoms with Gasteiger partial charge in [0.15, 0.2) is 6.29 Å². The predicted molar refractivity (Wildman–Crippen MR) is 103 cm³/mol. The van der Waals surface area contributed by atoms with Gasteiger partial charge in [-0.1, -0.05) is 42.5 Å². The zero-order valence-corrected chi connectivity index (χ0v) is 15.7. The molecule has 0 unspecified atom stereocenters. The van der Waals surface area contributed by atoms with Crippen LogP contribution in [0.5, 0.6) is 0 Å². The average Bonchev–Trinajstić information content (AvgIpc) is 3.42. The van der Waals surface area contributed by atoms with Crippen molar-refractivity contribution in [1.29, 1.82) is 0 Å². The SMILES string of the molecule is O=C(/C=C/c1ccc(CO)cc1C1OCCO1)N1C(=O)OC[C@H]1c1ccccc1. The first-order valence-corrected chi connectivity index (χ1v) is 9.37. The number of aliphatic hydroxyl groups excluding tert-OH is 1. The van der Waals surface area contributed by atoms with Crippen LogP contribution in [0.1, 0.15) is 34.6 Å². The van der Waals surface area contributed by atoms with Gasteiger partial charge in [0, 0.05) is 11.6 Å². The molecule has 1 atom stereocenters. The van der Waals surface area contributed by atoms with Crippen molar-refractivity contribution in [2.45, 2.75) is 18.9 Å². The Labute approximate surface area is 168 Å². The minimum absolute atomic E-state index is 0.110. The van der Waals surface area contributed by atoms with Crippen LogP contribution in [-0.4, -0.2) is 41.8 Å². The summed E-state index contributed by atoms with van der Waals surface area (Å²) < 4.78 is 16.2. The number of imide groups is 1. The number of rotatable bonds is 5. The Balaban J connectivity index is 1.58. The quantitative estimate of drug-likeness (QED) is 0.784. The molecular formula is C22H21NO6. The van der Waals surface area contributed by atoms with Crippen molar-refractivity contribution in [2.75, 3.05) is 19.8 Å². The van der Waals surface area contributed by atoms with Gasteiger partial charge in [0.05, 0.1) is 19.8 Å². The zero-order valence-electron chi connectivity index (χ0n) is 15.7. The maximum absolute atomic E-state index is 12.8. The summed E-state index contributed by atoms with van der Waals surface area (Å²) >= 11 is 0. The summed E-state index contributed by atoms with van der Waals surface area (Å²) in [5.74, 6) is -0.466. The average molecular weight is 395 g/mol. The molecule has 2 aromatic rings. The van der Waals surface area contributed by atoms with Crippen LogP contribution >= 0.6 is 0 Å². The first-order valence-electron chi connectivity index (χ1n) is 9.37. The van der Waals surface area contributed by atoms with E-state index in [4.69, 9.17) is 14.2 Å². The van der Waals surface area contributed by atoms with Crippen LogP contribution in [0.4, 0.5) is 4.79 Å². The van der Waals surface area contributed by atoms with E-state index in [1.165, 1.54) is 6.08 Å². The number of aliphatic hydroxyl groups is 1. The van der Waals surface area contributed by atoms with E-state index < -0.39 is 24.3 Å². The van der Waals surface area contributed by atoms with Gasteiger partial charge in [0.25, 0.3) is 5.91 Å². The fraction of sp³-hybridized carbons (Fsp3) is 0.273. The molecular weight excluding hydrogens is 374 g/mol. The zero-order chi connectivity index (χ0) is 20.2. The van der Waals surface area contributed by atoms with Crippen molar-refractivity contribution in [3.8, 4) is 0 Å². The third-order valence-corrected chi connectivity index (χ3v) is 4.91. The van der Waals surface area contributed by atoms with Gasteiger partial charge in [-0.2, -0.15) is 0 Å². The fourth-order valence-electron chi connectivity index (χ4n) is 3.44. The van der Waals surface area contributed by atoms with Crippen molar-refractivity contribution < 1.29 is 28.9 Å². The Morgan fingerprint density at radius 3 is 2.62 bits per heavy atom. The summed E-state index contributed by atoms with van der Waals surface area (Å²) in [6, 6.07) is 14.2. The summed E-state index contributed by atoms with van der Waals surface area (Å²) in [5.41, 5.74) is 2.99. The highest BCUT2D eigenvalue weighted by molar-refractivity contribution is 6.02. The lowest BCUT2D eigenvalue weighted by molar-refractivity contribution is -0.124. The monoisotopic (exact) mass is 395 g/mol. The van der Waals surface area contributed by atoms with Crippen molar-refractivity contribution in [3.63, 3.8) is 0 Å². The van der Waals surface area contributed by atoms with Crippen LogP contribution in [0.15, 0.2) is 54.6 Å². The van der Waals surface area contributed by atoms with Gasteiger partial charge in [-0.25, -0.2) is 9.69 Å². The van der Waals surface area contributed by atoms with E-state index in [1.54, 1.807) is 24.3 Å². The molecule has 7 heteroatoms. The minimum Gasteiger partial charge on any atom is -0.446 e. The standard InChI is InChI=1S/C22H21NO6/c24-13-15-6-7-16(18(12-15)21-27-10-11-28-21)8-9-20(25)23-19(14-29-22(23)26)17-4-2-1-3-5-17/h1-9,12,19,21,24H,10-11,13-14H2/b9-8+/t19-/m0/s1. The molecule has 0 aliphatic carbocycles. The highest BCUT2D eigenvalue weighted by Gasteiger charge is 2.37. The Bertz CT molecular complexity index is 920. The molecule has 2 saturated heterocycles. The molecule has 0 spiro atoms. The maximum atomic E-state index is 12.8. The van der Waals surface area contributed by atoms with E-state index in [-0.39, 0.29) is 13.2 Å². The van der Waals surface area contributed by atoms with Gasteiger partial charge in [-0.05, 0) is 28.8 Å². The van der Waals surface area contributed by atoms with E-state index in [2.05, 4.69) is 0 Å². The second kappa shape index (κ2) is 8.57. The Kier molecular flexibility index (Phi) is 5.71. The molecule has 2 aliphatic heterocycles. The number of ether oxygens (including phenoxy) is 3. The molecule has 2 aromatic carbocycles. The molecule has 29 heavy (non-hydrogen) atoms. The Morgan fingerprint density at radius 2 is 1.90 bits per heavy atom. The smallest absolute Gasteiger partial charge is 0.417 e. The number of hydrogen-bond acceptors (Lipinski definition) is 6. The predicted octanol–water partition coefficient (Wildman–Crippen LogP) is 2.96. The third-order valence-electron chi connectivity index (χ3n) is 4.91. The molecule has 0 radical (unpaired) electrons. The molecule has 0 bridgehead atoms. The third kappa shape index (κ3) is 4.07. The lowest BCUT2D eigenvalue weighted by atomic mass is 10.0. The molecule has 7 nitrogen and oxygen atoms in total. The molecule has 2 fully saturated rings. The molecule has 2 amide bonds. The van der Waals surface area contributed by atoms with Gasteiger partial charge in [-0.3, -0.25) is 4.79 Å². The van der Waals surface area contributed by atoms with E-state index >= 15 is 0 Å². The van der Waals surface area contributed by atoms with Crippen LogP contribution in [0.3, 0.4) is 0 Å². The number of hydrogen-bond donors (Lipinski definition) is 1. The highest BCUT2D eigenvalue weighted by Crippen LogP contribution is 2.30. The number of nitrogens with zero attached hydrogens (tertiary/aromatic N) is 1. The number of amides is 2. The first kappa shape index (κ1) is 19.3. The molecule has 2 aliphatic rings. The van der Waals surface area contributed by atoms with Gasteiger partial charge < -0.3 is 19.3 Å². The number of carbonyl (C=O) groups excluding carboxylic acids is 2. The molecule has 2 heterocycles. The number of benzene rings is 2. The molecule has 4 rings (SSSR count). The minimum atomic E-state index is -0.660. The number of cyclic esters (lactones) is 1. The lowest BCUT2D eigenvalue weighted by Crippen LogP contribution is -2.32. The largest absolute Gasteiger partial charge is 0.446 e. The molecule has 0 aromatic heterocycles. The van der Waals surface area contributed by atoms with E-state index in [0.717, 1.165) is 21.6 Å². The van der Waals surface area contributed by atoms with Crippen LogP contribution in [0.2, 0.25) is 0 Å². The maximum Gasteiger partial charge on any atom is 0.417 e. The van der Waals surface area contributed by atoms with E-state index in [9.17, 15) is 14.7 Å². The van der Waals surface area contributed by atoms with Crippen molar-refractivity contribution in [1.82, 2.24) is 4.90 Å². The van der Waals surface area contributed by atoms with E-state index in [1.807, 2.05) is 30.3 Å². The van der Waals surface area contributed by atoms with Crippen LogP contribution in [0.25, 0.3) is 6.08 Å². The lowest BCUT2D eigenvalue weighted by Gasteiger charge is -2.18. The summed E-state index contributed by atoms with van der Waals surface area (Å²) in [7, 11) is 0. The molecule has 1 N–H and O–H groups in total. The summed E-state index contributed by atoms with van der Waals surface area (Å²) in [5, 5.41) is 9.41. The van der Waals surface area contributed by atoms with Gasteiger partial charge >= 0.3 is 6.09 Å². The summed E-state index contributed by atoms with van der Waals surface area (Å²) in [6.07, 6.45) is 1.75. The Morgan fingerprint density at radius 1 is 1.14 bits per heavy atom.